The topological polar surface area (TPSA) is 0 Å². The minimum Gasteiger partial charge on any atom is -0.0853 e. The van der Waals surface area contributed by atoms with Crippen LogP contribution in [-0.2, 0) is 0 Å². The summed E-state index contributed by atoms with van der Waals surface area (Å²) in [6.45, 7) is 6.99. The average molecular weight is 180 g/mol. The summed E-state index contributed by atoms with van der Waals surface area (Å²) in [4.78, 5) is 0. The van der Waals surface area contributed by atoms with Crippen molar-refractivity contribution in [1.29, 1.82) is 0 Å². The number of hydrogen-bond acceptors (Lipinski definition) is 0. The minimum absolute atomic E-state index is 0.876. The van der Waals surface area contributed by atoms with Crippen LogP contribution in [0.4, 0.5) is 0 Å². The molecule has 0 aromatic heterocycles. The van der Waals surface area contributed by atoms with Crippen LogP contribution in [0.15, 0.2) is 11.6 Å². The third kappa shape index (κ3) is 4.50. The Hall–Kier alpha value is -0.260. The first kappa shape index (κ1) is 10.8. The molecule has 1 aliphatic rings. The Kier molecular flexibility index (Phi) is 4.55. The van der Waals surface area contributed by atoms with Gasteiger partial charge in [0.15, 0.2) is 0 Å². The predicted octanol–water partition coefficient (Wildman–Crippen LogP) is 4.56. The van der Waals surface area contributed by atoms with Crippen molar-refractivity contribution in [2.24, 2.45) is 11.8 Å². The van der Waals surface area contributed by atoms with Crippen LogP contribution in [-0.4, -0.2) is 0 Å². The Morgan fingerprint density at radius 3 is 2.77 bits per heavy atom. The molecule has 1 fully saturated rings. The molecular formula is C13H24. The van der Waals surface area contributed by atoms with Gasteiger partial charge in [-0.3, -0.25) is 0 Å². The van der Waals surface area contributed by atoms with Crippen LogP contribution in [0, 0.1) is 11.8 Å². The van der Waals surface area contributed by atoms with Crippen molar-refractivity contribution in [2.75, 3.05) is 0 Å². The second-order valence-electron chi connectivity index (χ2n) is 5.04. The van der Waals surface area contributed by atoms with Crippen LogP contribution in [0.1, 0.15) is 59.3 Å². The summed E-state index contributed by atoms with van der Waals surface area (Å²) in [6, 6.07) is 0. The van der Waals surface area contributed by atoms with Gasteiger partial charge in [0.25, 0.3) is 0 Å². The maximum atomic E-state index is 2.51. The first-order valence-electron chi connectivity index (χ1n) is 5.86. The van der Waals surface area contributed by atoms with Gasteiger partial charge in [-0.2, -0.15) is 0 Å². The van der Waals surface area contributed by atoms with E-state index in [9.17, 15) is 0 Å². The Morgan fingerprint density at radius 1 is 1.46 bits per heavy atom. The fourth-order valence-electron chi connectivity index (χ4n) is 2.10. The van der Waals surface area contributed by atoms with E-state index in [4.69, 9.17) is 0 Å². The molecule has 0 nitrogen and oxygen atoms in total. The van der Waals surface area contributed by atoms with Gasteiger partial charge in [-0.1, -0.05) is 38.8 Å². The van der Waals surface area contributed by atoms with Gasteiger partial charge in [0.2, 0.25) is 0 Å². The van der Waals surface area contributed by atoms with E-state index in [0.717, 1.165) is 11.8 Å². The predicted molar refractivity (Wildman–Crippen MR) is 59.8 cm³/mol. The van der Waals surface area contributed by atoms with Crippen molar-refractivity contribution < 1.29 is 0 Å². The summed E-state index contributed by atoms with van der Waals surface area (Å²) in [5.74, 6) is 1.83. The molecule has 0 bridgehead atoms. The van der Waals surface area contributed by atoms with Gasteiger partial charge in [-0.25, -0.2) is 0 Å². The van der Waals surface area contributed by atoms with E-state index in [0.29, 0.717) is 0 Å². The van der Waals surface area contributed by atoms with Crippen LogP contribution in [0.25, 0.3) is 0 Å². The fraction of sp³-hybridized carbons (Fsp3) is 0.846. The van der Waals surface area contributed by atoms with Gasteiger partial charge in [-0.15, -0.1) is 0 Å². The van der Waals surface area contributed by atoms with E-state index in [1.165, 1.54) is 38.5 Å². The molecule has 0 aromatic carbocycles. The van der Waals surface area contributed by atoms with E-state index in [1.54, 1.807) is 5.57 Å². The summed E-state index contributed by atoms with van der Waals surface area (Å²) in [6.07, 6.45) is 10.8. The first-order chi connectivity index (χ1) is 6.18. The first-order valence-corrected chi connectivity index (χ1v) is 5.86. The van der Waals surface area contributed by atoms with E-state index in [2.05, 4.69) is 26.8 Å². The fourth-order valence-corrected chi connectivity index (χ4v) is 2.10. The zero-order valence-electron chi connectivity index (χ0n) is 9.47. The Bertz CT molecular complexity index is 165. The average Bonchev–Trinajstić information content (AvgIpc) is 2.45. The standard InChI is InChI=1S/C13H24/c1-11(2)6-4-5-7-13-9-8-12(3)10-13/h7,11-12H,4-6,8-10H2,1-3H3. The molecule has 1 rings (SSSR count). The highest BCUT2D eigenvalue weighted by atomic mass is 14.2. The third-order valence-corrected chi connectivity index (χ3v) is 2.99. The summed E-state index contributed by atoms with van der Waals surface area (Å²) in [5.41, 5.74) is 1.73. The molecule has 76 valence electrons. The summed E-state index contributed by atoms with van der Waals surface area (Å²) in [7, 11) is 0. The summed E-state index contributed by atoms with van der Waals surface area (Å²) >= 11 is 0. The van der Waals surface area contributed by atoms with Crippen molar-refractivity contribution >= 4 is 0 Å². The van der Waals surface area contributed by atoms with Gasteiger partial charge in [0.05, 0.1) is 0 Å². The van der Waals surface area contributed by atoms with E-state index >= 15 is 0 Å². The highest BCUT2D eigenvalue weighted by Crippen LogP contribution is 2.29. The van der Waals surface area contributed by atoms with Crippen LogP contribution in [0.3, 0.4) is 0 Å². The van der Waals surface area contributed by atoms with Crippen LogP contribution < -0.4 is 0 Å². The molecule has 1 saturated carbocycles. The SMILES string of the molecule is CC(C)CCCC=C1CCC(C)C1. The summed E-state index contributed by atoms with van der Waals surface area (Å²) in [5, 5.41) is 0. The van der Waals surface area contributed by atoms with Crippen LogP contribution >= 0.6 is 0 Å². The maximum Gasteiger partial charge on any atom is -0.0294 e. The molecule has 0 aromatic rings. The Morgan fingerprint density at radius 2 is 2.23 bits per heavy atom. The zero-order chi connectivity index (χ0) is 9.68. The largest absolute Gasteiger partial charge is 0.0853 e. The number of rotatable bonds is 4. The second-order valence-corrected chi connectivity index (χ2v) is 5.04. The van der Waals surface area contributed by atoms with Gasteiger partial charge in [-0.05, 0) is 43.9 Å². The maximum absolute atomic E-state index is 2.51. The highest BCUT2D eigenvalue weighted by Gasteiger charge is 2.13. The number of unbranched alkanes of at least 4 members (excludes halogenated alkanes) is 1. The molecule has 0 N–H and O–H groups in total. The Labute approximate surface area is 83.4 Å². The molecule has 0 radical (unpaired) electrons. The second kappa shape index (κ2) is 5.47. The number of allylic oxidation sites excluding steroid dienone is 2. The molecule has 13 heavy (non-hydrogen) atoms. The third-order valence-electron chi connectivity index (χ3n) is 2.99. The smallest absolute Gasteiger partial charge is 0.0294 e. The van der Waals surface area contributed by atoms with Crippen molar-refractivity contribution in [3.63, 3.8) is 0 Å². The summed E-state index contributed by atoms with van der Waals surface area (Å²) < 4.78 is 0. The van der Waals surface area contributed by atoms with Gasteiger partial charge >= 0.3 is 0 Å². The molecule has 0 heteroatoms. The quantitative estimate of drug-likeness (QED) is 0.439. The van der Waals surface area contributed by atoms with E-state index in [1.807, 2.05) is 0 Å². The molecule has 1 atom stereocenters. The molecule has 0 saturated heterocycles. The highest BCUT2D eigenvalue weighted by molar-refractivity contribution is 5.07. The lowest BCUT2D eigenvalue weighted by Gasteiger charge is -2.02. The normalized spacial score (nSPS) is 26.2. The van der Waals surface area contributed by atoms with E-state index < -0.39 is 0 Å². The molecule has 1 unspecified atom stereocenters. The van der Waals surface area contributed by atoms with Crippen LogP contribution in [0.2, 0.25) is 0 Å². The van der Waals surface area contributed by atoms with Crippen molar-refractivity contribution in [3.05, 3.63) is 11.6 Å². The monoisotopic (exact) mass is 180 g/mol. The molecule has 0 heterocycles. The minimum atomic E-state index is 0.876. The van der Waals surface area contributed by atoms with Crippen molar-refractivity contribution in [3.8, 4) is 0 Å². The molecule has 0 amide bonds. The molecule has 0 aliphatic heterocycles. The van der Waals surface area contributed by atoms with Crippen molar-refractivity contribution in [1.82, 2.24) is 0 Å². The van der Waals surface area contributed by atoms with Gasteiger partial charge in [0.1, 0.15) is 0 Å². The van der Waals surface area contributed by atoms with E-state index in [-0.39, 0.29) is 0 Å². The van der Waals surface area contributed by atoms with Gasteiger partial charge < -0.3 is 0 Å². The zero-order valence-corrected chi connectivity index (χ0v) is 9.47. The molecule has 1 aliphatic carbocycles. The lowest BCUT2D eigenvalue weighted by molar-refractivity contribution is 0.559. The molecule has 0 spiro atoms. The number of hydrogen-bond donors (Lipinski definition) is 0. The van der Waals surface area contributed by atoms with Crippen molar-refractivity contribution in [2.45, 2.75) is 59.3 Å². The van der Waals surface area contributed by atoms with Gasteiger partial charge in [0, 0.05) is 0 Å². The Balaban J connectivity index is 2.10. The molecular weight excluding hydrogens is 156 g/mol. The lowest BCUT2D eigenvalue weighted by atomic mass is 10.0. The van der Waals surface area contributed by atoms with Crippen LogP contribution in [0.5, 0.6) is 0 Å². The lowest BCUT2D eigenvalue weighted by Crippen LogP contribution is -1.86.